The van der Waals surface area contributed by atoms with Crippen molar-refractivity contribution in [1.29, 1.82) is 0 Å². The minimum absolute atomic E-state index is 1.11. The first kappa shape index (κ1) is 29.9. The molecule has 0 heterocycles. The number of nitrogens with zero attached hydrogens (tertiary/aromatic N) is 1. The van der Waals surface area contributed by atoms with Crippen molar-refractivity contribution in [2.75, 3.05) is 4.90 Å². The number of hydrogen-bond donors (Lipinski definition) is 0. The molecule has 0 bridgehead atoms. The van der Waals surface area contributed by atoms with Crippen LogP contribution in [0.4, 0.5) is 17.1 Å². The second-order valence-electron chi connectivity index (χ2n) is 12.1. The summed E-state index contributed by atoms with van der Waals surface area (Å²) in [5, 5.41) is 0. The molecule has 0 aliphatic heterocycles. The molecule has 1 nitrogen and oxygen atoms in total. The molecular weight excluding hydrogens is 591 g/mol. The highest BCUT2D eigenvalue weighted by atomic mass is 15.1. The van der Waals surface area contributed by atoms with Crippen molar-refractivity contribution in [2.45, 2.75) is 0 Å². The van der Waals surface area contributed by atoms with Crippen LogP contribution in [0.15, 0.2) is 212 Å². The highest BCUT2D eigenvalue weighted by molar-refractivity contribution is 5.97. The van der Waals surface area contributed by atoms with E-state index in [0.29, 0.717) is 0 Å². The first-order chi connectivity index (χ1) is 24.3. The van der Waals surface area contributed by atoms with Gasteiger partial charge in [0.15, 0.2) is 0 Å². The maximum atomic E-state index is 2.37. The van der Waals surface area contributed by atoms with Crippen LogP contribution in [0.25, 0.3) is 55.6 Å². The average molecular weight is 626 g/mol. The summed E-state index contributed by atoms with van der Waals surface area (Å²) >= 11 is 0. The van der Waals surface area contributed by atoms with E-state index in [-0.39, 0.29) is 0 Å². The smallest absolute Gasteiger partial charge is 0.0540 e. The molecule has 8 aromatic carbocycles. The van der Waals surface area contributed by atoms with Gasteiger partial charge in [0, 0.05) is 16.9 Å². The van der Waals surface area contributed by atoms with Gasteiger partial charge >= 0.3 is 0 Å². The summed E-state index contributed by atoms with van der Waals surface area (Å²) < 4.78 is 0. The number of hydrogen-bond acceptors (Lipinski definition) is 1. The van der Waals surface area contributed by atoms with E-state index < -0.39 is 0 Å². The zero-order valence-electron chi connectivity index (χ0n) is 27.2. The Labute approximate surface area is 289 Å². The predicted molar refractivity (Wildman–Crippen MR) is 208 cm³/mol. The second kappa shape index (κ2) is 13.7. The van der Waals surface area contributed by atoms with E-state index >= 15 is 0 Å². The summed E-state index contributed by atoms with van der Waals surface area (Å²) in [4.78, 5) is 2.37. The third-order valence-electron chi connectivity index (χ3n) is 9.13. The highest BCUT2D eigenvalue weighted by Crippen LogP contribution is 2.45. The fraction of sp³-hybridized carbons (Fsp3) is 0. The van der Waals surface area contributed by atoms with E-state index in [1.807, 2.05) is 0 Å². The molecule has 0 aromatic heterocycles. The Morgan fingerprint density at radius 3 is 1.08 bits per heavy atom. The molecule has 0 spiro atoms. The summed E-state index contributed by atoms with van der Waals surface area (Å²) in [6, 6.07) is 75.9. The molecule has 0 amide bonds. The lowest BCUT2D eigenvalue weighted by atomic mass is 9.88. The van der Waals surface area contributed by atoms with Gasteiger partial charge in [0.1, 0.15) is 0 Å². The van der Waals surface area contributed by atoms with Crippen LogP contribution in [0.3, 0.4) is 0 Å². The Hall–Kier alpha value is -6.44. The molecule has 0 saturated carbocycles. The number of rotatable bonds is 8. The molecule has 0 aliphatic carbocycles. The second-order valence-corrected chi connectivity index (χ2v) is 12.1. The quantitative estimate of drug-likeness (QED) is 0.162. The topological polar surface area (TPSA) is 3.24 Å². The van der Waals surface area contributed by atoms with E-state index in [1.165, 1.54) is 55.6 Å². The zero-order chi connectivity index (χ0) is 32.8. The SMILES string of the molecule is c1ccc(-c2ccc(-c3ccccc3-c3ccccc3-c3ccccc3N(c3ccccc3)c3ccc(-c4ccccc4)cc3)cc2)cc1. The minimum Gasteiger partial charge on any atom is -0.310 e. The fourth-order valence-corrected chi connectivity index (χ4v) is 6.73. The van der Waals surface area contributed by atoms with E-state index in [0.717, 1.165) is 17.1 Å². The van der Waals surface area contributed by atoms with Crippen molar-refractivity contribution in [3.63, 3.8) is 0 Å². The molecule has 0 fully saturated rings. The van der Waals surface area contributed by atoms with Gasteiger partial charge in [-0.2, -0.15) is 0 Å². The summed E-state index contributed by atoms with van der Waals surface area (Å²) in [6.45, 7) is 0. The van der Waals surface area contributed by atoms with E-state index in [2.05, 4.69) is 217 Å². The van der Waals surface area contributed by atoms with Gasteiger partial charge < -0.3 is 4.90 Å². The van der Waals surface area contributed by atoms with Crippen LogP contribution in [0.1, 0.15) is 0 Å². The van der Waals surface area contributed by atoms with Crippen LogP contribution >= 0.6 is 0 Å². The number of anilines is 3. The summed E-state index contributed by atoms with van der Waals surface area (Å²) in [6.07, 6.45) is 0. The lowest BCUT2D eigenvalue weighted by Gasteiger charge is -2.28. The molecule has 8 aromatic rings. The van der Waals surface area contributed by atoms with Crippen LogP contribution in [-0.2, 0) is 0 Å². The Morgan fingerprint density at radius 2 is 0.531 bits per heavy atom. The van der Waals surface area contributed by atoms with Crippen LogP contribution in [-0.4, -0.2) is 0 Å². The highest BCUT2D eigenvalue weighted by Gasteiger charge is 2.20. The van der Waals surface area contributed by atoms with Gasteiger partial charge in [0.25, 0.3) is 0 Å². The molecule has 0 N–H and O–H groups in total. The first-order valence-electron chi connectivity index (χ1n) is 16.8. The van der Waals surface area contributed by atoms with Crippen molar-refractivity contribution >= 4 is 17.1 Å². The van der Waals surface area contributed by atoms with Gasteiger partial charge in [-0.15, -0.1) is 0 Å². The van der Waals surface area contributed by atoms with Gasteiger partial charge in [-0.05, 0) is 80.4 Å². The largest absolute Gasteiger partial charge is 0.310 e. The monoisotopic (exact) mass is 625 g/mol. The molecule has 0 saturated heterocycles. The average Bonchev–Trinajstić information content (AvgIpc) is 3.20. The van der Waals surface area contributed by atoms with Crippen LogP contribution in [0.2, 0.25) is 0 Å². The Balaban J connectivity index is 1.24. The van der Waals surface area contributed by atoms with E-state index in [1.54, 1.807) is 0 Å². The predicted octanol–water partition coefficient (Wildman–Crippen LogP) is 13.5. The maximum absolute atomic E-state index is 2.37. The molecule has 0 radical (unpaired) electrons. The van der Waals surface area contributed by atoms with Crippen LogP contribution in [0, 0.1) is 0 Å². The van der Waals surface area contributed by atoms with Crippen LogP contribution in [0.5, 0.6) is 0 Å². The van der Waals surface area contributed by atoms with E-state index in [9.17, 15) is 0 Å². The molecule has 0 unspecified atom stereocenters. The molecule has 8 rings (SSSR count). The Morgan fingerprint density at radius 1 is 0.204 bits per heavy atom. The Kier molecular flexibility index (Phi) is 8.39. The van der Waals surface area contributed by atoms with Crippen molar-refractivity contribution in [1.82, 2.24) is 0 Å². The van der Waals surface area contributed by atoms with Gasteiger partial charge in [-0.25, -0.2) is 0 Å². The summed E-state index contributed by atoms with van der Waals surface area (Å²) in [7, 11) is 0. The summed E-state index contributed by atoms with van der Waals surface area (Å²) in [5.74, 6) is 0. The molecular formula is C48H35N. The van der Waals surface area contributed by atoms with Gasteiger partial charge in [-0.1, -0.05) is 182 Å². The van der Waals surface area contributed by atoms with Crippen LogP contribution < -0.4 is 4.90 Å². The third kappa shape index (κ3) is 6.18. The van der Waals surface area contributed by atoms with Crippen molar-refractivity contribution in [3.8, 4) is 55.6 Å². The lowest BCUT2D eigenvalue weighted by molar-refractivity contribution is 1.28. The maximum Gasteiger partial charge on any atom is 0.0540 e. The van der Waals surface area contributed by atoms with Crippen molar-refractivity contribution in [2.24, 2.45) is 0 Å². The number of para-hydroxylation sites is 2. The normalized spacial score (nSPS) is 10.9. The molecule has 0 atom stereocenters. The molecule has 49 heavy (non-hydrogen) atoms. The van der Waals surface area contributed by atoms with Gasteiger partial charge in [0.2, 0.25) is 0 Å². The zero-order valence-corrected chi connectivity index (χ0v) is 27.2. The van der Waals surface area contributed by atoms with Crippen molar-refractivity contribution in [3.05, 3.63) is 212 Å². The van der Waals surface area contributed by atoms with Crippen molar-refractivity contribution < 1.29 is 0 Å². The molecule has 0 aliphatic rings. The third-order valence-corrected chi connectivity index (χ3v) is 9.13. The lowest BCUT2D eigenvalue weighted by Crippen LogP contribution is -2.11. The van der Waals surface area contributed by atoms with Gasteiger partial charge in [-0.3, -0.25) is 0 Å². The first-order valence-corrected chi connectivity index (χ1v) is 16.8. The minimum atomic E-state index is 1.11. The molecule has 232 valence electrons. The Bertz CT molecular complexity index is 2290. The molecule has 1 heteroatoms. The standard InChI is InChI=1S/C48H35N/c1-4-16-36(17-5-1)38-28-30-40(31-29-38)43-22-10-11-23-44(43)45-24-12-13-25-46(45)47-26-14-15-27-48(47)49(41-20-8-3-9-21-41)42-34-32-39(33-35-42)37-18-6-2-7-19-37/h1-35H. The van der Waals surface area contributed by atoms with Gasteiger partial charge in [0.05, 0.1) is 5.69 Å². The summed E-state index contributed by atoms with van der Waals surface area (Å²) in [5.41, 5.74) is 15.4. The number of benzene rings is 8. The van der Waals surface area contributed by atoms with E-state index in [4.69, 9.17) is 0 Å². The fourth-order valence-electron chi connectivity index (χ4n) is 6.73.